The zero-order chi connectivity index (χ0) is 23.0. The summed E-state index contributed by atoms with van der Waals surface area (Å²) in [6, 6.07) is 3.82. The van der Waals surface area contributed by atoms with Crippen molar-refractivity contribution in [3.8, 4) is 17.6 Å². The van der Waals surface area contributed by atoms with Gasteiger partial charge in [0.2, 0.25) is 5.88 Å². The third-order valence-electron chi connectivity index (χ3n) is 4.34. The van der Waals surface area contributed by atoms with Crippen molar-refractivity contribution in [2.75, 3.05) is 7.11 Å². The van der Waals surface area contributed by atoms with Gasteiger partial charge in [-0.2, -0.15) is 10.4 Å². The van der Waals surface area contributed by atoms with Crippen LogP contribution in [-0.2, 0) is 5.75 Å². The fraction of sp³-hybridized carbons (Fsp3) is 0.105. The van der Waals surface area contributed by atoms with Gasteiger partial charge >= 0.3 is 0 Å². The Morgan fingerprint density at radius 1 is 1.12 bits per heavy atom. The normalized spacial score (nSPS) is 11.0. The molecule has 0 spiro atoms. The number of fused-ring (bicyclic) bond motifs is 1. The van der Waals surface area contributed by atoms with Gasteiger partial charge in [-0.15, -0.1) is 9.73 Å². The third kappa shape index (κ3) is 3.65. The minimum absolute atomic E-state index is 0.0732. The van der Waals surface area contributed by atoms with Crippen LogP contribution in [0.1, 0.15) is 11.1 Å². The summed E-state index contributed by atoms with van der Waals surface area (Å²) in [6.45, 7) is 0. The predicted molar refractivity (Wildman–Crippen MR) is 103 cm³/mol. The molecule has 0 saturated heterocycles. The zero-order valence-corrected chi connectivity index (χ0v) is 16.8. The minimum Gasteiger partial charge on any atom is -0.479 e. The van der Waals surface area contributed by atoms with Crippen molar-refractivity contribution in [2.45, 2.75) is 10.9 Å². The van der Waals surface area contributed by atoms with Gasteiger partial charge in [0.25, 0.3) is 5.56 Å². The molecule has 0 aliphatic carbocycles. The number of hydrogen-bond acceptors (Lipinski definition) is 7. The Morgan fingerprint density at radius 2 is 1.84 bits per heavy atom. The second-order valence-corrected chi connectivity index (χ2v) is 7.20. The van der Waals surface area contributed by atoms with Gasteiger partial charge in [-0.3, -0.25) is 9.36 Å². The molecule has 1 aromatic carbocycles. The molecule has 4 rings (SSSR count). The van der Waals surface area contributed by atoms with E-state index in [9.17, 15) is 27.6 Å². The molecule has 3 aromatic heterocycles. The molecule has 0 N–H and O–H groups in total. The number of methoxy groups -OCH3 is 1. The summed E-state index contributed by atoms with van der Waals surface area (Å²) < 4.78 is 62.1. The van der Waals surface area contributed by atoms with Gasteiger partial charge in [-0.05, 0) is 0 Å². The van der Waals surface area contributed by atoms with Crippen LogP contribution in [0.4, 0.5) is 17.6 Å². The molecule has 0 atom stereocenters. The van der Waals surface area contributed by atoms with Crippen LogP contribution < -0.4 is 10.3 Å². The number of nitriles is 1. The van der Waals surface area contributed by atoms with Crippen LogP contribution in [0.15, 0.2) is 40.5 Å². The molecule has 0 radical (unpaired) electrons. The molecule has 162 valence electrons. The lowest BCUT2D eigenvalue weighted by molar-refractivity contribution is 0.368. The summed E-state index contributed by atoms with van der Waals surface area (Å²) in [4.78, 5) is 16.9. The number of ether oxygens (including phenoxy) is 1. The lowest BCUT2D eigenvalue weighted by Crippen LogP contribution is -2.25. The van der Waals surface area contributed by atoms with Gasteiger partial charge in [-0.1, -0.05) is 11.8 Å². The number of benzene rings is 1. The zero-order valence-electron chi connectivity index (χ0n) is 16.0. The van der Waals surface area contributed by atoms with Crippen LogP contribution in [0.25, 0.3) is 11.2 Å². The maximum Gasteiger partial charge on any atom is 0.286 e. The third-order valence-corrected chi connectivity index (χ3v) is 5.30. The van der Waals surface area contributed by atoms with E-state index in [1.807, 2.05) is 6.07 Å². The molecule has 4 aromatic rings. The Labute approximate surface area is 180 Å². The largest absolute Gasteiger partial charge is 0.479 e. The Hall–Kier alpha value is -3.92. The van der Waals surface area contributed by atoms with E-state index in [4.69, 9.17) is 4.74 Å². The molecule has 3 heterocycles. The van der Waals surface area contributed by atoms with Gasteiger partial charge in [-0.25, -0.2) is 22.5 Å². The van der Waals surface area contributed by atoms with Gasteiger partial charge in [0, 0.05) is 29.5 Å². The lowest BCUT2D eigenvalue weighted by atomic mass is 10.2. The number of hydrogen-bond donors (Lipinski definition) is 0. The summed E-state index contributed by atoms with van der Waals surface area (Å²) in [5.41, 5.74) is -1.58. The molecule has 32 heavy (non-hydrogen) atoms. The molecule has 0 aliphatic heterocycles. The van der Waals surface area contributed by atoms with Crippen LogP contribution in [-0.4, -0.2) is 31.5 Å². The van der Waals surface area contributed by atoms with E-state index < -0.39 is 34.4 Å². The van der Waals surface area contributed by atoms with E-state index in [-0.39, 0.29) is 33.6 Å². The maximum atomic E-state index is 14.3. The van der Waals surface area contributed by atoms with Crippen LogP contribution in [0.5, 0.6) is 5.88 Å². The van der Waals surface area contributed by atoms with Gasteiger partial charge in [0.1, 0.15) is 29.1 Å². The van der Waals surface area contributed by atoms with Crippen molar-refractivity contribution in [1.82, 2.24) is 24.4 Å². The summed E-state index contributed by atoms with van der Waals surface area (Å²) >= 11 is 0.715. The topological polar surface area (TPSA) is 98.1 Å². The van der Waals surface area contributed by atoms with Crippen molar-refractivity contribution >= 4 is 17.3 Å². The molecule has 0 unspecified atom stereocenters. The first-order chi connectivity index (χ1) is 15.3. The lowest BCUT2D eigenvalue weighted by Gasteiger charge is -2.13. The first-order valence-corrected chi connectivity index (χ1v) is 9.70. The quantitative estimate of drug-likeness (QED) is 0.332. The highest BCUT2D eigenvalue weighted by Gasteiger charge is 2.21. The number of pyridine rings is 1. The van der Waals surface area contributed by atoms with Crippen LogP contribution in [0, 0.1) is 34.6 Å². The summed E-state index contributed by atoms with van der Waals surface area (Å²) in [5.74, 6) is -4.89. The van der Waals surface area contributed by atoms with E-state index >= 15 is 0 Å². The maximum absolute atomic E-state index is 14.3. The molecule has 8 nitrogen and oxygen atoms in total. The number of halogens is 4. The summed E-state index contributed by atoms with van der Waals surface area (Å²) in [7, 11) is 1.21. The number of nitrogens with zero attached hydrogens (tertiary/aromatic N) is 6. The number of aromatic nitrogens is 5. The first kappa shape index (κ1) is 21.3. The highest BCUT2D eigenvalue weighted by Crippen LogP contribution is 2.27. The molecular weight excluding hydrogens is 452 g/mol. The molecular formula is C19H10F4N6O2S. The van der Waals surface area contributed by atoms with Crippen LogP contribution in [0.2, 0.25) is 0 Å². The molecule has 0 saturated carbocycles. The fourth-order valence-corrected chi connectivity index (χ4v) is 3.87. The van der Waals surface area contributed by atoms with Crippen molar-refractivity contribution in [2.24, 2.45) is 0 Å². The van der Waals surface area contributed by atoms with Crippen molar-refractivity contribution in [3.05, 3.63) is 75.3 Å². The smallest absolute Gasteiger partial charge is 0.286 e. The monoisotopic (exact) mass is 462 g/mol. The molecule has 0 bridgehead atoms. The molecule has 0 amide bonds. The number of thioether (sulfide) groups is 1. The highest BCUT2D eigenvalue weighted by molar-refractivity contribution is 7.98. The van der Waals surface area contributed by atoms with Crippen LogP contribution in [0.3, 0.4) is 0 Å². The summed E-state index contributed by atoms with van der Waals surface area (Å²) in [6.07, 6.45) is 2.25. The molecule has 0 aliphatic rings. The predicted octanol–water partition coefficient (Wildman–Crippen LogP) is 3.00. The van der Waals surface area contributed by atoms with Gasteiger partial charge in [0.05, 0.1) is 25.2 Å². The Morgan fingerprint density at radius 3 is 2.47 bits per heavy atom. The second-order valence-electron chi connectivity index (χ2n) is 6.25. The Bertz CT molecular complexity index is 1440. The van der Waals surface area contributed by atoms with E-state index in [2.05, 4.69) is 15.2 Å². The Balaban J connectivity index is 1.88. The molecule has 0 fully saturated rings. The standard InChI is InChI=1S/C19H10F4N6O2S/c1-31-17-15(23)4-11(7-25-17)28-18(30)16-9(5-24)6-26-29(16)27-19(28)32-8-12-13(21)2-10(20)3-14(12)22/h2-4,6-7H,8H2,1H3. The summed E-state index contributed by atoms with van der Waals surface area (Å²) in [5, 5.41) is 17.1. The minimum atomic E-state index is -1.12. The highest BCUT2D eigenvalue weighted by atomic mass is 32.2. The second kappa shape index (κ2) is 8.31. The van der Waals surface area contributed by atoms with E-state index in [1.165, 1.54) is 7.11 Å². The average Bonchev–Trinajstić information content (AvgIpc) is 3.16. The molecule has 13 heteroatoms. The van der Waals surface area contributed by atoms with E-state index in [1.54, 1.807) is 0 Å². The Kier molecular flexibility index (Phi) is 5.54. The van der Waals surface area contributed by atoms with Crippen LogP contribution >= 0.6 is 11.8 Å². The van der Waals surface area contributed by atoms with Crippen molar-refractivity contribution < 1.29 is 22.3 Å². The van der Waals surface area contributed by atoms with Crippen molar-refractivity contribution in [3.63, 3.8) is 0 Å². The van der Waals surface area contributed by atoms with E-state index in [0.717, 1.165) is 27.7 Å². The first-order valence-electron chi connectivity index (χ1n) is 8.71. The van der Waals surface area contributed by atoms with Crippen molar-refractivity contribution in [1.29, 1.82) is 5.26 Å². The van der Waals surface area contributed by atoms with Gasteiger partial charge < -0.3 is 4.74 Å². The SMILES string of the molecule is COc1ncc(-n2c(SCc3c(F)cc(F)cc3F)nn3ncc(C#N)c3c2=O)cc1F. The van der Waals surface area contributed by atoms with E-state index in [0.29, 0.717) is 23.9 Å². The van der Waals surface area contributed by atoms with Gasteiger partial charge in [0.15, 0.2) is 16.5 Å². The average molecular weight is 462 g/mol. The number of rotatable bonds is 5. The fourth-order valence-electron chi connectivity index (χ4n) is 2.87.